The molecular formula is C12H20N6S. The number of thioether (sulfide) groups is 1. The van der Waals surface area contributed by atoms with Gasteiger partial charge >= 0.3 is 0 Å². The molecule has 0 aliphatic rings. The summed E-state index contributed by atoms with van der Waals surface area (Å²) in [5.41, 5.74) is 13.0. The first kappa shape index (κ1) is 14.1. The Kier molecular flexibility index (Phi) is 4.98. The van der Waals surface area contributed by atoms with E-state index in [9.17, 15) is 0 Å². The van der Waals surface area contributed by atoms with Crippen molar-refractivity contribution in [3.05, 3.63) is 12.7 Å². The van der Waals surface area contributed by atoms with Crippen molar-refractivity contribution in [2.45, 2.75) is 32.4 Å². The van der Waals surface area contributed by atoms with Crippen LogP contribution in [0.2, 0.25) is 0 Å². The molecule has 104 valence electrons. The van der Waals surface area contributed by atoms with Gasteiger partial charge in [0.05, 0.1) is 6.33 Å². The fourth-order valence-electron chi connectivity index (χ4n) is 1.77. The number of anilines is 1. The summed E-state index contributed by atoms with van der Waals surface area (Å²) in [7, 11) is 0. The smallest absolute Gasteiger partial charge is 0.165 e. The van der Waals surface area contributed by atoms with Gasteiger partial charge in [-0.3, -0.25) is 0 Å². The van der Waals surface area contributed by atoms with Crippen LogP contribution >= 0.6 is 11.8 Å². The zero-order chi connectivity index (χ0) is 13.7. The van der Waals surface area contributed by atoms with Gasteiger partial charge < -0.3 is 16.0 Å². The SMILES string of the molecule is CC(N)CCSCCCn1cnc2c(N)ncnc21. The Morgan fingerprint density at radius 3 is 2.95 bits per heavy atom. The summed E-state index contributed by atoms with van der Waals surface area (Å²) in [6, 6.07) is 0.296. The van der Waals surface area contributed by atoms with E-state index in [4.69, 9.17) is 11.5 Å². The first-order valence-corrected chi connectivity index (χ1v) is 7.58. The quantitative estimate of drug-likeness (QED) is 0.741. The third-order valence-corrected chi connectivity index (χ3v) is 3.94. The maximum absolute atomic E-state index is 5.75. The molecule has 19 heavy (non-hydrogen) atoms. The Hall–Kier alpha value is -1.34. The molecule has 4 N–H and O–H groups in total. The summed E-state index contributed by atoms with van der Waals surface area (Å²) in [5.74, 6) is 2.68. The van der Waals surface area contributed by atoms with Crippen molar-refractivity contribution in [3.63, 3.8) is 0 Å². The first-order valence-electron chi connectivity index (χ1n) is 6.43. The van der Waals surface area contributed by atoms with E-state index in [2.05, 4.69) is 15.0 Å². The summed E-state index contributed by atoms with van der Waals surface area (Å²) >= 11 is 1.94. The van der Waals surface area contributed by atoms with E-state index in [1.54, 1.807) is 6.33 Å². The van der Waals surface area contributed by atoms with E-state index in [1.165, 1.54) is 6.33 Å². The molecule has 0 radical (unpaired) electrons. The minimum absolute atomic E-state index is 0.296. The number of aromatic nitrogens is 4. The lowest BCUT2D eigenvalue weighted by Crippen LogP contribution is -2.15. The number of rotatable bonds is 7. The molecule has 0 saturated carbocycles. The van der Waals surface area contributed by atoms with Crippen molar-refractivity contribution in [3.8, 4) is 0 Å². The molecule has 0 aliphatic heterocycles. The second kappa shape index (κ2) is 6.72. The topological polar surface area (TPSA) is 95.6 Å². The highest BCUT2D eigenvalue weighted by Crippen LogP contribution is 2.15. The zero-order valence-electron chi connectivity index (χ0n) is 11.1. The van der Waals surface area contributed by atoms with E-state index in [0.717, 1.165) is 36.5 Å². The van der Waals surface area contributed by atoms with E-state index >= 15 is 0 Å². The molecule has 0 aromatic carbocycles. The van der Waals surface area contributed by atoms with Gasteiger partial charge in [0.2, 0.25) is 0 Å². The Bertz CT molecular complexity index is 524. The molecule has 0 saturated heterocycles. The van der Waals surface area contributed by atoms with E-state index < -0.39 is 0 Å². The molecule has 2 heterocycles. The molecule has 7 heteroatoms. The largest absolute Gasteiger partial charge is 0.382 e. The average Bonchev–Trinajstić information content (AvgIpc) is 2.78. The van der Waals surface area contributed by atoms with Gasteiger partial charge in [-0.05, 0) is 31.3 Å². The Morgan fingerprint density at radius 2 is 2.16 bits per heavy atom. The second-order valence-electron chi connectivity index (χ2n) is 4.60. The lowest BCUT2D eigenvalue weighted by molar-refractivity contribution is 0.694. The summed E-state index contributed by atoms with van der Waals surface area (Å²) in [4.78, 5) is 12.4. The lowest BCUT2D eigenvalue weighted by atomic mass is 10.3. The maximum Gasteiger partial charge on any atom is 0.165 e. The third kappa shape index (κ3) is 3.81. The summed E-state index contributed by atoms with van der Waals surface area (Å²) in [5, 5.41) is 0. The standard InChI is InChI=1S/C12H20N6S/c1-9(13)3-6-19-5-2-4-18-8-17-10-11(14)15-7-16-12(10)18/h7-9H,2-6,13H2,1H3,(H2,14,15,16). The molecule has 2 aromatic heterocycles. The average molecular weight is 280 g/mol. The van der Waals surface area contributed by atoms with Crippen LogP contribution in [0.25, 0.3) is 11.2 Å². The molecule has 0 amide bonds. The van der Waals surface area contributed by atoms with Crippen LogP contribution in [-0.4, -0.2) is 37.1 Å². The zero-order valence-corrected chi connectivity index (χ0v) is 11.9. The van der Waals surface area contributed by atoms with Crippen LogP contribution in [0.4, 0.5) is 5.82 Å². The molecule has 1 unspecified atom stereocenters. The fourth-order valence-corrected chi connectivity index (χ4v) is 2.85. The minimum Gasteiger partial charge on any atom is -0.382 e. The molecule has 0 bridgehead atoms. The number of aryl methyl sites for hydroxylation is 1. The van der Waals surface area contributed by atoms with Crippen LogP contribution in [0, 0.1) is 0 Å². The van der Waals surface area contributed by atoms with Gasteiger partial charge in [0, 0.05) is 12.6 Å². The predicted octanol–water partition coefficient (Wildman–Crippen LogP) is 1.27. The normalized spacial score (nSPS) is 12.9. The van der Waals surface area contributed by atoms with E-state index in [-0.39, 0.29) is 0 Å². The molecule has 0 spiro atoms. The second-order valence-corrected chi connectivity index (χ2v) is 5.83. The highest BCUT2D eigenvalue weighted by atomic mass is 32.2. The van der Waals surface area contributed by atoms with Gasteiger partial charge in [-0.1, -0.05) is 0 Å². The molecular weight excluding hydrogens is 260 g/mol. The highest BCUT2D eigenvalue weighted by molar-refractivity contribution is 7.99. The first-order chi connectivity index (χ1) is 9.18. The van der Waals surface area contributed by atoms with Gasteiger partial charge in [-0.2, -0.15) is 11.8 Å². The predicted molar refractivity (Wildman–Crippen MR) is 79.9 cm³/mol. The Labute approximate surface area is 117 Å². The van der Waals surface area contributed by atoms with Crippen molar-refractivity contribution in [1.82, 2.24) is 19.5 Å². The molecule has 2 rings (SSSR count). The van der Waals surface area contributed by atoms with E-state index in [1.807, 2.05) is 23.3 Å². The molecule has 2 aromatic rings. The summed E-state index contributed by atoms with van der Waals surface area (Å²) in [6.45, 7) is 2.94. The third-order valence-electron chi connectivity index (χ3n) is 2.83. The fraction of sp³-hybridized carbons (Fsp3) is 0.583. The van der Waals surface area contributed by atoms with Crippen LogP contribution in [0.1, 0.15) is 19.8 Å². The summed E-state index contributed by atoms with van der Waals surface area (Å²) < 4.78 is 2.03. The number of fused-ring (bicyclic) bond motifs is 1. The molecule has 0 fully saturated rings. The van der Waals surface area contributed by atoms with Crippen molar-refractivity contribution in [1.29, 1.82) is 0 Å². The van der Waals surface area contributed by atoms with Gasteiger partial charge in [0.15, 0.2) is 11.5 Å². The Morgan fingerprint density at radius 1 is 1.32 bits per heavy atom. The van der Waals surface area contributed by atoms with Gasteiger partial charge in [0.1, 0.15) is 11.8 Å². The van der Waals surface area contributed by atoms with E-state index in [0.29, 0.717) is 17.4 Å². The molecule has 0 aliphatic carbocycles. The number of nitrogen functional groups attached to an aromatic ring is 1. The number of hydrogen-bond acceptors (Lipinski definition) is 6. The van der Waals surface area contributed by atoms with Crippen molar-refractivity contribution in [2.75, 3.05) is 17.2 Å². The Balaban J connectivity index is 1.81. The lowest BCUT2D eigenvalue weighted by Gasteiger charge is -2.05. The number of nitrogens with zero attached hydrogens (tertiary/aromatic N) is 4. The number of hydrogen-bond donors (Lipinski definition) is 2. The van der Waals surface area contributed by atoms with Crippen molar-refractivity contribution >= 4 is 28.7 Å². The summed E-state index contributed by atoms with van der Waals surface area (Å²) in [6.07, 6.45) is 5.41. The molecule has 1 atom stereocenters. The maximum atomic E-state index is 5.75. The van der Waals surface area contributed by atoms with Gasteiger partial charge in [-0.15, -0.1) is 0 Å². The van der Waals surface area contributed by atoms with Crippen LogP contribution < -0.4 is 11.5 Å². The molecule has 6 nitrogen and oxygen atoms in total. The number of nitrogens with two attached hydrogens (primary N) is 2. The van der Waals surface area contributed by atoms with Crippen molar-refractivity contribution in [2.24, 2.45) is 5.73 Å². The minimum atomic E-state index is 0.296. The van der Waals surface area contributed by atoms with Crippen LogP contribution in [0.15, 0.2) is 12.7 Å². The van der Waals surface area contributed by atoms with Crippen LogP contribution in [0.3, 0.4) is 0 Å². The van der Waals surface area contributed by atoms with Gasteiger partial charge in [0.25, 0.3) is 0 Å². The number of imidazole rings is 1. The van der Waals surface area contributed by atoms with Crippen molar-refractivity contribution < 1.29 is 0 Å². The van der Waals surface area contributed by atoms with Crippen LogP contribution in [-0.2, 0) is 6.54 Å². The van der Waals surface area contributed by atoms with Crippen LogP contribution in [0.5, 0.6) is 0 Å². The monoisotopic (exact) mass is 280 g/mol. The van der Waals surface area contributed by atoms with Gasteiger partial charge in [-0.25, -0.2) is 15.0 Å². The highest BCUT2D eigenvalue weighted by Gasteiger charge is 2.06.